The van der Waals surface area contributed by atoms with Gasteiger partial charge in [0.25, 0.3) is 0 Å². The van der Waals surface area contributed by atoms with Gasteiger partial charge in [0.1, 0.15) is 0 Å². The third kappa shape index (κ3) is 3.69. The molecule has 0 amide bonds. The number of halogens is 1. The number of Topliss-reactive ketones (excluding diaryl/α,β-unsaturated/α-hetero) is 1. The van der Waals surface area contributed by atoms with Gasteiger partial charge in [0.15, 0.2) is 5.78 Å². The molecule has 0 saturated heterocycles. The summed E-state index contributed by atoms with van der Waals surface area (Å²) in [5.41, 5.74) is 2.34. The summed E-state index contributed by atoms with van der Waals surface area (Å²) in [5.74, 6) is 1.09. The van der Waals surface area contributed by atoms with E-state index in [1.54, 1.807) is 16.4 Å². The van der Waals surface area contributed by atoms with Crippen molar-refractivity contribution >= 4 is 29.1 Å². The summed E-state index contributed by atoms with van der Waals surface area (Å²) in [6.07, 6.45) is 1.05. The van der Waals surface area contributed by atoms with Gasteiger partial charge in [-0.25, -0.2) is 0 Å². The number of aryl methyl sites for hydroxylation is 2. The molecule has 1 aromatic heterocycles. The van der Waals surface area contributed by atoms with Crippen molar-refractivity contribution in [3.8, 4) is 0 Å². The Labute approximate surface area is 134 Å². The Bertz CT molecular complexity index is 634. The fourth-order valence-electron chi connectivity index (χ4n) is 2.17. The number of thioether (sulfide) groups is 1. The number of ketones is 1. The summed E-state index contributed by atoms with van der Waals surface area (Å²) in [6, 6.07) is 7.74. The Morgan fingerprint density at radius 1 is 1.29 bits per heavy atom. The van der Waals surface area contributed by atoms with Crippen LogP contribution in [0.5, 0.6) is 0 Å². The van der Waals surface area contributed by atoms with Crippen LogP contribution in [-0.2, 0) is 19.9 Å². The number of nitrogens with zero attached hydrogens (tertiary/aromatic N) is 2. The van der Waals surface area contributed by atoms with Crippen molar-refractivity contribution < 1.29 is 4.79 Å². The van der Waals surface area contributed by atoms with Crippen LogP contribution in [0.1, 0.15) is 35.6 Å². The van der Waals surface area contributed by atoms with E-state index in [1.165, 1.54) is 4.90 Å². The Kier molecular flexibility index (Phi) is 5.48. The molecule has 3 nitrogen and oxygen atoms in total. The number of carbonyl (C=O) groups excluding carboxylic acids is 1. The molecule has 0 aliphatic carbocycles. The van der Waals surface area contributed by atoms with Crippen LogP contribution in [-0.4, -0.2) is 21.3 Å². The third-order valence-electron chi connectivity index (χ3n) is 3.32. The maximum absolute atomic E-state index is 12.4. The highest BCUT2D eigenvalue weighted by molar-refractivity contribution is 7.99. The van der Waals surface area contributed by atoms with E-state index in [1.807, 2.05) is 38.2 Å². The quantitative estimate of drug-likeness (QED) is 0.591. The molecule has 0 radical (unpaired) electrons. The van der Waals surface area contributed by atoms with Gasteiger partial charge in [-0.05, 0) is 24.3 Å². The zero-order chi connectivity index (χ0) is 15.4. The zero-order valence-electron chi connectivity index (χ0n) is 12.5. The molecule has 112 valence electrons. The topological polar surface area (TPSA) is 34.9 Å². The number of hydrogen-bond donors (Lipinski definition) is 0. The number of rotatable bonds is 6. The van der Waals surface area contributed by atoms with Gasteiger partial charge < -0.3 is 0 Å². The van der Waals surface area contributed by atoms with Crippen LogP contribution in [0.4, 0.5) is 0 Å². The van der Waals surface area contributed by atoms with Crippen molar-refractivity contribution in [2.45, 2.75) is 31.6 Å². The first-order valence-electron chi connectivity index (χ1n) is 7.03. The first-order chi connectivity index (χ1) is 10.1. The second-order valence-electron chi connectivity index (χ2n) is 4.74. The normalized spacial score (nSPS) is 10.9. The van der Waals surface area contributed by atoms with Crippen LogP contribution in [0.25, 0.3) is 0 Å². The lowest BCUT2D eigenvalue weighted by atomic mass is 10.1. The van der Waals surface area contributed by atoms with Crippen molar-refractivity contribution in [1.82, 2.24) is 9.78 Å². The predicted octanol–water partition coefficient (Wildman–Crippen LogP) is 4.17. The number of benzene rings is 1. The molecular weight excluding hydrogens is 304 g/mol. The van der Waals surface area contributed by atoms with Crippen molar-refractivity contribution in [2.75, 3.05) is 5.75 Å². The van der Waals surface area contributed by atoms with E-state index in [-0.39, 0.29) is 12.2 Å². The molecule has 0 bridgehead atoms. The van der Waals surface area contributed by atoms with E-state index in [9.17, 15) is 4.79 Å². The minimum Gasteiger partial charge on any atom is -0.294 e. The number of carbonyl (C=O) groups is 1. The molecule has 0 aliphatic heterocycles. The molecule has 0 unspecified atom stereocenters. The standard InChI is InChI=1S/C16H19ClN2OS/c1-4-13-16(17)14(19(3)18-13)10-15(20)11-6-8-12(9-7-11)21-5-2/h6-9H,4-5,10H2,1-3H3. The minimum absolute atomic E-state index is 0.0654. The van der Waals surface area contributed by atoms with Crippen LogP contribution in [0.3, 0.4) is 0 Å². The van der Waals surface area contributed by atoms with Crippen molar-refractivity contribution in [3.63, 3.8) is 0 Å². The molecular formula is C16H19ClN2OS. The maximum atomic E-state index is 12.4. The summed E-state index contributed by atoms with van der Waals surface area (Å²) >= 11 is 8.05. The average Bonchev–Trinajstić information content (AvgIpc) is 2.75. The summed E-state index contributed by atoms with van der Waals surface area (Å²) in [4.78, 5) is 13.6. The molecule has 2 rings (SSSR count). The molecule has 1 aromatic carbocycles. The SMILES string of the molecule is CCSc1ccc(C(=O)Cc2c(Cl)c(CC)nn2C)cc1. The highest BCUT2D eigenvalue weighted by Crippen LogP contribution is 2.23. The van der Waals surface area contributed by atoms with E-state index < -0.39 is 0 Å². The van der Waals surface area contributed by atoms with Gasteiger partial charge in [-0.2, -0.15) is 5.10 Å². The van der Waals surface area contributed by atoms with Crippen LogP contribution >= 0.6 is 23.4 Å². The molecule has 5 heteroatoms. The van der Waals surface area contributed by atoms with Crippen LogP contribution < -0.4 is 0 Å². The second-order valence-corrected chi connectivity index (χ2v) is 6.46. The summed E-state index contributed by atoms with van der Waals surface area (Å²) in [5, 5.41) is 4.96. The number of hydrogen-bond acceptors (Lipinski definition) is 3. The van der Waals surface area contributed by atoms with E-state index in [0.29, 0.717) is 10.6 Å². The first-order valence-corrected chi connectivity index (χ1v) is 8.39. The molecule has 0 spiro atoms. The van der Waals surface area contributed by atoms with Gasteiger partial charge in [-0.15, -0.1) is 11.8 Å². The molecule has 0 saturated carbocycles. The van der Waals surface area contributed by atoms with Crippen molar-refractivity contribution in [3.05, 3.63) is 46.2 Å². The van der Waals surface area contributed by atoms with Gasteiger partial charge in [0, 0.05) is 17.5 Å². The van der Waals surface area contributed by atoms with Crippen molar-refractivity contribution in [1.29, 1.82) is 0 Å². The zero-order valence-corrected chi connectivity index (χ0v) is 14.1. The van der Waals surface area contributed by atoms with E-state index in [4.69, 9.17) is 11.6 Å². The lowest BCUT2D eigenvalue weighted by Crippen LogP contribution is -2.08. The maximum Gasteiger partial charge on any atom is 0.168 e. The van der Waals surface area contributed by atoms with Crippen LogP contribution in [0.2, 0.25) is 5.02 Å². The Hall–Kier alpha value is -1.26. The van der Waals surface area contributed by atoms with E-state index in [2.05, 4.69) is 12.0 Å². The van der Waals surface area contributed by atoms with Crippen LogP contribution in [0, 0.1) is 0 Å². The summed E-state index contributed by atoms with van der Waals surface area (Å²) in [6.45, 7) is 4.11. The fraction of sp³-hybridized carbons (Fsp3) is 0.375. The predicted molar refractivity (Wildman–Crippen MR) is 88.5 cm³/mol. The Morgan fingerprint density at radius 3 is 2.48 bits per heavy atom. The van der Waals surface area contributed by atoms with Gasteiger partial charge >= 0.3 is 0 Å². The van der Waals surface area contributed by atoms with Gasteiger partial charge in [0.2, 0.25) is 0 Å². The largest absolute Gasteiger partial charge is 0.294 e. The second kappa shape index (κ2) is 7.14. The lowest BCUT2D eigenvalue weighted by Gasteiger charge is -2.04. The highest BCUT2D eigenvalue weighted by atomic mass is 35.5. The highest BCUT2D eigenvalue weighted by Gasteiger charge is 2.17. The van der Waals surface area contributed by atoms with Gasteiger partial charge in [0.05, 0.1) is 22.8 Å². The summed E-state index contributed by atoms with van der Waals surface area (Å²) in [7, 11) is 1.83. The Balaban J connectivity index is 2.16. The smallest absolute Gasteiger partial charge is 0.168 e. The minimum atomic E-state index is 0.0654. The Morgan fingerprint density at radius 2 is 1.95 bits per heavy atom. The monoisotopic (exact) mass is 322 g/mol. The molecule has 1 heterocycles. The number of aromatic nitrogens is 2. The van der Waals surface area contributed by atoms with E-state index in [0.717, 1.165) is 23.6 Å². The average molecular weight is 323 g/mol. The lowest BCUT2D eigenvalue weighted by molar-refractivity contribution is 0.0990. The fourth-order valence-corrected chi connectivity index (χ4v) is 3.19. The first kappa shape index (κ1) is 16.1. The molecule has 2 aromatic rings. The molecule has 21 heavy (non-hydrogen) atoms. The van der Waals surface area contributed by atoms with E-state index >= 15 is 0 Å². The van der Waals surface area contributed by atoms with Gasteiger partial charge in [-0.1, -0.05) is 37.6 Å². The summed E-state index contributed by atoms with van der Waals surface area (Å²) < 4.78 is 1.71. The van der Waals surface area contributed by atoms with Gasteiger partial charge in [-0.3, -0.25) is 9.48 Å². The molecule has 0 fully saturated rings. The third-order valence-corrected chi connectivity index (χ3v) is 4.65. The molecule has 0 N–H and O–H groups in total. The molecule has 0 aliphatic rings. The van der Waals surface area contributed by atoms with Crippen molar-refractivity contribution in [2.24, 2.45) is 7.05 Å². The molecule has 0 atom stereocenters. The van der Waals surface area contributed by atoms with Crippen LogP contribution in [0.15, 0.2) is 29.2 Å².